The second-order valence-electron chi connectivity index (χ2n) is 5.15. The average Bonchev–Trinajstić information content (AvgIpc) is 2.34. The Bertz CT molecular complexity index is 483. The SMILES string of the molecule is Bc1ccc(NC2CCN(C)CC2O)c([N+](=O)[O-])c1. The molecule has 7 heteroatoms. The molecule has 1 saturated heterocycles. The number of nitro benzene ring substituents is 1. The van der Waals surface area contributed by atoms with Crippen LogP contribution >= 0.6 is 0 Å². The highest BCUT2D eigenvalue weighted by molar-refractivity contribution is 6.32. The van der Waals surface area contributed by atoms with Crippen molar-refractivity contribution in [3.05, 3.63) is 28.3 Å². The standard InChI is InChI=1S/C12H18BN3O3/c1-15-5-4-10(12(17)7-15)14-9-3-2-8(13)6-11(9)16(18)19/h2-3,6,10,12,14,17H,4-5,7,13H2,1H3. The van der Waals surface area contributed by atoms with Gasteiger partial charge in [0, 0.05) is 12.6 Å². The molecular weight excluding hydrogens is 245 g/mol. The van der Waals surface area contributed by atoms with E-state index in [9.17, 15) is 15.2 Å². The fourth-order valence-corrected chi connectivity index (χ4v) is 2.37. The van der Waals surface area contributed by atoms with E-state index in [0.717, 1.165) is 18.4 Å². The zero-order valence-corrected chi connectivity index (χ0v) is 11.2. The van der Waals surface area contributed by atoms with E-state index in [4.69, 9.17) is 0 Å². The number of hydrogen-bond acceptors (Lipinski definition) is 5. The summed E-state index contributed by atoms with van der Waals surface area (Å²) >= 11 is 0. The van der Waals surface area contributed by atoms with Crippen LogP contribution in [0, 0.1) is 10.1 Å². The first-order valence-corrected chi connectivity index (χ1v) is 6.35. The van der Waals surface area contributed by atoms with E-state index in [0.29, 0.717) is 12.2 Å². The van der Waals surface area contributed by atoms with Crippen LogP contribution < -0.4 is 10.8 Å². The second kappa shape index (κ2) is 5.58. The normalized spacial score (nSPS) is 24.1. The monoisotopic (exact) mass is 263 g/mol. The molecule has 1 aromatic carbocycles. The van der Waals surface area contributed by atoms with Crippen molar-refractivity contribution in [2.75, 3.05) is 25.5 Å². The molecule has 2 unspecified atom stereocenters. The molecule has 0 bridgehead atoms. The lowest BCUT2D eigenvalue weighted by molar-refractivity contribution is -0.383. The molecular formula is C12H18BN3O3. The lowest BCUT2D eigenvalue weighted by Crippen LogP contribution is -2.48. The molecule has 0 radical (unpaired) electrons. The smallest absolute Gasteiger partial charge is 0.291 e. The third-order valence-electron chi connectivity index (χ3n) is 3.48. The van der Waals surface area contributed by atoms with Gasteiger partial charge in [0.2, 0.25) is 0 Å². The fraction of sp³-hybridized carbons (Fsp3) is 0.500. The van der Waals surface area contributed by atoms with E-state index in [1.807, 2.05) is 25.9 Å². The zero-order chi connectivity index (χ0) is 14.0. The number of nitrogens with one attached hydrogen (secondary N) is 1. The van der Waals surface area contributed by atoms with Crippen molar-refractivity contribution in [3.8, 4) is 0 Å². The molecule has 1 aliphatic heterocycles. The second-order valence-corrected chi connectivity index (χ2v) is 5.15. The van der Waals surface area contributed by atoms with Gasteiger partial charge in [-0.2, -0.15) is 0 Å². The number of benzene rings is 1. The van der Waals surface area contributed by atoms with E-state index in [2.05, 4.69) is 5.32 Å². The highest BCUT2D eigenvalue weighted by Gasteiger charge is 2.27. The summed E-state index contributed by atoms with van der Waals surface area (Å²) in [4.78, 5) is 12.7. The molecule has 2 N–H and O–H groups in total. The van der Waals surface area contributed by atoms with Gasteiger partial charge < -0.3 is 15.3 Å². The van der Waals surface area contributed by atoms with Crippen LogP contribution in [0.15, 0.2) is 18.2 Å². The van der Waals surface area contributed by atoms with Gasteiger partial charge in [0.05, 0.1) is 17.1 Å². The topological polar surface area (TPSA) is 78.6 Å². The van der Waals surface area contributed by atoms with E-state index in [-0.39, 0.29) is 11.7 Å². The summed E-state index contributed by atoms with van der Waals surface area (Å²) in [6.07, 6.45) is 0.252. The Morgan fingerprint density at radius 2 is 2.32 bits per heavy atom. The van der Waals surface area contributed by atoms with Crippen LogP contribution in [0.3, 0.4) is 0 Å². The maximum absolute atomic E-state index is 11.0. The first-order chi connectivity index (χ1) is 8.97. The van der Waals surface area contributed by atoms with Crippen molar-refractivity contribution in [2.45, 2.75) is 18.6 Å². The Morgan fingerprint density at radius 1 is 1.58 bits per heavy atom. The number of anilines is 1. The summed E-state index contributed by atoms with van der Waals surface area (Å²) in [6.45, 7) is 1.45. The molecule has 6 nitrogen and oxygen atoms in total. The molecule has 102 valence electrons. The molecule has 19 heavy (non-hydrogen) atoms. The Labute approximate surface area is 113 Å². The summed E-state index contributed by atoms with van der Waals surface area (Å²) in [7, 11) is 3.77. The third-order valence-corrected chi connectivity index (χ3v) is 3.48. The summed E-state index contributed by atoms with van der Waals surface area (Å²) in [5, 5.41) is 24.2. The van der Waals surface area contributed by atoms with E-state index in [1.54, 1.807) is 12.1 Å². The number of β-amino-alcohol motifs (C(OH)–C–C–N with tert-alkyl or cyclic N) is 1. The van der Waals surface area contributed by atoms with Gasteiger partial charge in [0.25, 0.3) is 5.69 Å². The minimum atomic E-state index is -0.514. The average molecular weight is 263 g/mol. The van der Waals surface area contributed by atoms with Gasteiger partial charge in [-0.3, -0.25) is 10.1 Å². The van der Waals surface area contributed by atoms with Gasteiger partial charge in [-0.15, -0.1) is 0 Å². The van der Waals surface area contributed by atoms with Crippen LogP contribution in [0.5, 0.6) is 0 Å². The Hall–Kier alpha value is -1.60. The van der Waals surface area contributed by atoms with E-state index in [1.165, 1.54) is 0 Å². The molecule has 1 aromatic rings. The van der Waals surface area contributed by atoms with Gasteiger partial charge in [0.1, 0.15) is 13.5 Å². The largest absolute Gasteiger partial charge is 0.390 e. The van der Waals surface area contributed by atoms with Crippen LogP contribution in [0.1, 0.15) is 6.42 Å². The molecule has 2 rings (SSSR count). The fourth-order valence-electron chi connectivity index (χ4n) is 2.37. The quantitative estimate of drug-likeness (QED) is 0.429. The van der Waals surface area contributed by atoms with Gasteiger partial charge in [0.15, 0.2) is 0 Å². The Kier molecular flexibility index (Phi) is 4.06. The van der Waals surface area contributed by atoms with Crippen LogP contribution in [-0.4, -0.2) is 55.1 Å². The number of piperidine rings is 1. The first-order valence-electron chi connectivity index (χ1n) is 6.35. The van der Waals surface area contributed by atoms with Crippen molar-refractivity contribution in [2.24, 2.45) is 0 Å². The molecule has 0 aliphatic carbocycles. The number of nitro groups is 1. The van der Waals surface area contributed by atoms with Crippen LogP contribution in [0.25, 0.3) is 0 Å². The third kappa shape index (κ3) is 3.24. The summed E-state index contributed by atoms with van der Waals surface area (Å²) < 4.78 is 0. The molecule has 1 aliphatic rings. The number of likely N-dealkylation sites (N-methyl/N-ethyl adjacent to an activating group) is 1. The summed E-state index contributed by atoms with van der Waals surface area (Å²) in [5.41, 5.74) is 1.39. The van der Waals surface area contributed by atoms with Crippen molar-refractivity contribution < 1.29 is 10.0 Å². The number of nitrogens with zero attached hydrogens (tertiary/aromatic N) is 2. The molecule has 0 amide bonds. The number of likely N-dealkylation sites (tertiary alicyclic amines) is 1. The molecule has 2 atom stereocenters. The molecule has 0 spiro atoms. The summed E-state index contributed by atoms with van der Waals surface area (Å²) in [5.74, 6) is 0. The minimum Gasteiger partial charge on any atom is -0.390 e. The molecule has 1 fully saturated rings. The predicted molar refractivity (Wildman–Crippen MR) is 76.8 cm³/mol. The number of aliphatic hydroxyl groups excluding tert-OH is 1. The maximum Gasteiger partial charge on any atom is 0.291 e. The number of aliphatic hydroxyl groups is 1. The van der Waals surface area contributed by atoms with Crippen molar-refractivity contribution in [1.29, 1.82) is 0 Å². The minimum absolute atomic E-state index is 0.0612. The van der Waals surface area contributed by atoms with Crippen molar-refractivity contribution in [3.63, 3.8) is 0 Å². The lowest BCUT2D eigenvalue weighted by Gasteiger charge is -2.34. The van der Waals surface area contributed by atoms with Gasteiger partial charge in [-0.05, 0) is 26.1 Å². The lowest BCUT2D eigenvalue weighted by atomic mass is 9.95. The van der Waals surface area contributed by atoms with Crippen molar-refractivity contribution >= 4 is 24.7 Å². The van der Waals surface area contributed by atoms with Crippen molar-refractivity contribution in [1.82, 2.24) is 4.90 Å². The van der Waals surface area contributed by atoms with Crippen LogP contribution in [-0.2, 0) is 0 Å². The van der Waals surface area contributed by atoms with Gasteiger partial charge in [-0.25, -0.2) is 0 Å². The maximum atomic E-state index is 11.0. The Balaban J connectivity index is 2.17. The number of rotatable bonds is 3. The van der Waals surface area contributed by atoms with Crippen LogP contribution in [0.2, 0.25) is 0 Å². The zero-order valence-electron chi connectivity index (χ0n) is 11.2. The first kappa shape index (κ1) is 13.8. The van der Waals surface area contributed by atoms with E-state index >= 15 is 0 Å². The highest BCUT2D eigenvalue weighted by atomic mass is 16.6. The highest BCUT2D eigenvalue weighted by Crippen LogP contribution is 2.25. The molecule has 0 saturated carbocycles. The van der Waals surface area contributed by atoms with Gasteiger partial charge in [-0.1, -0.05) is 11.5 Å². The number of hydrogen-bond donors (Lipinski definition) is 2. The molecule has 1 heterocycles. The predicted octanol–water partition coefficient (Wildman–Crippen LogP) is -0.670. The van der Waals surface area contributed by atoms with Gasteiger partial charge >= 0.3 is 0 Å². The van der Waals surface area contributed by atoms with Crippen LogP contribution in [0.4, 0.5) is 11.4 Å². The van der Waals surface area contributed by atoms with E-state index < -0.39 is 11.0 Å². The molecule has 0 aromatic heterocycles. The summed E-state index contributed by atoms with van der Waals surface area (Å²) in [6, 6.07) is 4.94. The Morgan fingerprint density at radius 3 is 2.95 bits per heavy atom.